The number of amides is 1. The number of rotatable bonds is 4. The highest BCUT2D eigenvalue weighted by Crippen LogP contribution is 2.40. The van der Waals surface area contributed by atoms with Gasteiger partial charge in [0.1, 0.15) is 11.1 Å². The van der Waals surface area contributed by atoms with Crippen LogP contribution in [0.3, 0.4) is 0 Å². The van der Waals surface area contributed by atoms with Crippen molar-refractivity contribution in [2.75, 3.05) is 5.32 Å². The fourth-order valence-electron chi connectivity index (χ4n) is 3.64. The Morgan fingerprint density at radius 2 is 1.85 bits per heavy atom. The molecule has 1 amide bonds. The first kappa shape index (κ1) is 18.2. The third kappa shape index (κ3) is 3.49. The van der Waals surface area contributed by atoms with E-state index in [0.717, 1.165) is 28.8 Å². The molecule has 0 radical (unpaired) electrons. The van der Waals surface area contributed by atoms with Gasteiger partial charge in [0, 0.05) is 10.4 Å². The number of carboxylic acid groups (broad SMARTS) is 1. The molecular weight excluding hydrogens is 348 g/mol. The molecule has 134 valence electrons. The first-order chi connectivity index (χ1) is 12.5. The van der Waals surface area contributed by atoms with Gasteiger partial charge in [-0.05, 0) is 25.3 Å². The SMILES string of the molecule is Cc1sc(NC(=O)[C@H]2CCCC[C@@H]2C(=O)O)c(C#N)c1-c1ccccc1. The highest BCUT2D eigenvalue weighted by atomic mass is 32.1. The Hall–Kier alpha value is -2.65. The van der Waals surface area contributed by atoms with Gasteiger partial charge in [-0.25, -0.2) is 0 Å². The van der Waals surface area contributed by atoms with Crippen LogP contribution >= 0.6 is 11.3 Å². The summed E-state index contributed by atoms with van der Waals surface area (Å²) in [7, 11) is 0. The summed E-state index contributed by atoms with van der Waals surface area (Å²) < 4.78 is 0. The molecule has 0 aliphatic heterocycles. The average molecular weight is 368 g/mol. The Morgan fingerprint density at radius 3 is 2.46 bits per heavy atom. The molecule has 1 fully saturated rings. The van der Waals surface area contributed by atoms with Crippen LogP contribution in [0.5, 0.6) is 0 Å². The number of nitrogens with zero attached hydrogens (tertiary/aromatic N) is 1. The highest BCUT2D eigenvalue weighted by Gasteiger charge is 2.36. The summed E-state index contributed by atoms with van der Waals surface area (Å²) in [4.78, 5) is 25.1. The lowest BCUT2D eigenvalue weighted by Gasteiger charge is -2.27. The number of benzene rings is 1. The van der Waals surface area contributed by atoms with Crippen LogP contribution in [-0.2, 0) is 9.59 Å². The van der Waals surface area contributed by atoms with Crippen molar-refractivity contribution in [3.8, 4) is 17.2 Å². The Balaban J connectivity index is 1.90. The predicted molar refractivity (Wildman–Crippen MR) is 101 cm³/mol. The van der Waals surface area contributed by atoms with Gasteiger partial charge in [-0.1, -0.05) is 43.2 Å². The maximum atomic E-state index is 12.7. The molecule has 5 nitrogen and oxygen atoms in total. The molecule has 2 aromatic rings. The van der Waals surface area contributed by atoms with E-state index < -0.39 is 17.8 Å². The molecular formula is C20H20N2O3S. The van der Waals surface area contributed by atoms with E-state index in [4.69, 9.17) is 0 Å². The smallest absolute Gasteiger partial charge is 0.307 e. The lowest BCUT2D eigenvalue weighted by Crippen LogP contribution is -2.36. The number of aryl methyl sites for hydroxylation is 1. The third-order valence-corrected chi connectivity index (χ3v) is 5.94. The van der Waals surface area contributed by atoms with Crippen molar-refractivity contribution in [1.29, 1.82) is 5.26 Å². The fraction of sp³-hybridized carbons (Fsp3) is 0.350. The summed E-state index contributed by atoms with van der Waals surface area (Å²) in [6.07, 6.45) is 2.78. The van der Waals surface area contributed by atoms with E-state index in [-0.39, 0.29) is 5.91 Å². The molecule has 1 aliphatic rings. The van der Waals surface area contributed by atoms with Crippen LogP contribution in [0.25, 0.3) is 11.1 Å². The molecule has 1 saturated carbocycles. The number of thiophene rings is 1. The van der Waals surface area contributed by atoms with Gasteiger partial charge in [-0.15, -0.1) is 11.3 Å². The van der Waals surface area contributed by atoms with Gasteiger partial charge in [0.15, 0.2) is 0 Å². The molecule has 1 aromatic carbocycles. The van der Waals surface area contributed by atoms with E-state index in [9.17, 15) is 20.0 Å². The van der Waals surface area contributed by atoms with Crippen molar-refractivity contribution in [1.82, 2.24) is 0 Å². The maximum absolute atomic E-state index is 12.7. The number of nitrogens with one attached hydrogen (secondary N) is 1. The summed E-state index contributed by atoms with van der Waals surface area (Å²) in [5, 5.41) is 22.4. The Labute approximate surface area is 156 Å². The Kier molecular flexibility index (Phi) is 5.38. The van der Waals surface area contributed by atoms with Gasteiger partial charge in [0.2, 0.25) is 5.91 Å². The lowest BCUT2D eigenvalue weighted by molar-refractivity contribution is -0.147. The summed E-state index contributed by atoms with van der Waals surface area (Å²) in [5.41, 5.74) is 2.20. The number of carbonyl (C=O) groups excluding carboxylic acids is 1. The Bertz CT molecular complexity index is 867. The van der Waals surface area contributed by atoms with E-state index >= 15 is 0 Å². The number of anilines is 1. The Morgan fingerprint density at radius 1 is 1.19 bits per heavy atom. The molecule has 2 atom stereocenters. The second kappa shape index (κ2) is 7.71. The first-order valence-corrected chi connectivity index (χ1v) is 9.47. The second-order valence-corrected chi connectivity index (χ2v) is 7.76. The minimum Gasteiger partial charge on any atom is -0.481 e. The molecule has 1 aromatic heterocycles. The maximum Gasteiger partial charge on any atom is 0.307 e. The molecule has 6 heteroatoms. The summed E-state index contributed by atoms with van der Waals surface area (Å²) >= 11 is 1.36. The highest BCUT2D eigenvalue weighted by molar-refractivity contribution is 7.17. The van der Waals surface area contributed by atoms with Gasteiger partial charge in [-0.2, -0.15) is 5.26 Å². The summed E-state index contributed by atoms with van der Waals surface area (Å²) in [6, 6.07) is 11.8. The fourth-order valence-corrected chi connectivity index (χ4v) is 4.67. The van der Waals surface area contributed by atoms with Crippen molar-refractivity contribution in [3.63, 3.8) is 0 Å². The van der Waals surface area contributed by atoms with Gasteiger partial charge >= 0.3 is 5.97 Å². The number of hydrogen-bond acceptors (Lipinski definition) is 4. The van der Waals surface area contributed by atoms with Crippen LogP contribution < -0.4 is 5.32 Å². The van der Waals surface area contributed by atoms with Crippen molar-refractivity contribution in [3.05, 3.63) is 40.8 Å². The third-order valence-electron chi connectivity index (χ3n) is 4.92. The number of carboxylic acids is 1. The monoisotopic (exact) mass is 368 g/mol. The topological polar surface area (TPSA) is 90.2 Å². The van der Waals surface area contributed by atoms with Crippen molar-refractivity contribution >= 4 is 28.2 Å². The van der Waals surface area contributed by atoms with Crippen molar-refractivity contribution < 1.29 is 14.7 Å². The van der Waals surface area contributed by atoms with Crippen molar-refractivity contribution in [2.45, 2.75) is 32.6 Å². The lowest BCUT2D eigenvalue weighted by atomic mass is 9.79. The number of aliphatic carboxylic acids is 1. The molecule has 0 saturated heterocycles. The quantitative estimate of drug-likeness (QED) is 0.835. The van der Waals surface area contributed by atoms with Gasteiger partial charge in [0.25, 0.3) is 0 Å². The standard InChI is InChI=1S/C20H20N2O3S/c1-12-17(13-7-3-2-4-8-13)16(11-21)19(26-12)22-18(23)14-9-5-6-10-15(14)20(24)25/h2-4,7-8,14-15H,5-6,9-10H2,1H3,(H,22,23)(H,24,25)/t14-,15-/m0/s1. The summed E-state index contributed by atoms with van der Waals surface area (Å²) in [5.74, 6) is -2.41. The van der Waals surface area contributed by atoms with E-state index in [1.54, 1.807) is 0 Å². The first-order valence-electron chi connectivity index (χ1n) is 8.65. The van der Waals surface area contributed by atoms with Crippen LogP contribution in [0, 0.1) is 30.1 Å². The number of carbonyl (C=O) groups is 2. The molecule has 0 unspecified atom stereocenters. The molecule has 1 aliphatic carbocycles. The average Bonchev–Trinajstić information content (AvgIpc) is 2.97. The van der Waals surface area contributed by atoms with Crippen LogP contribution in [0.15, 0.2) is 30.3 Å². The van der Waals surface area contributed by atoms with E-state index in [2.05, 4.69) is 11.4 Å². The summed E-state index contributed by atoms with van der Waals surface area (Å²) in [6.45, 7) is 1.92. The minimum absolute atomic E-state index is 0.297. The molecule has 26 heavy (non-hydrogen) atoms. The van der Waals surface area contributed by atoms with Crippen LogP contribution in [-0.4, -0.2) is 17.0 Å². The zero-order chi connectivity index (χ0) is 18.7. The predicted octanol–water partition coefficient (Wildman–Crippen LogP) is 4.42. The zero-order valence-electron chi connectivity index (χ0n) is 14.5. The van der Waals surface area contributed by atoms with E-state index in [0.29, 0.717) is 23.4 Å². The van der Waals surface area contributed by atoms with E-state index in [1.165, 1.54) is 11.3 Å². The van der Waals surface area contributed by atoms with E-state index in [1.807, 2.05) is 37.3 Å². The molecule has 0 spiro atoms. The normalized spacial score (nSPS) is 19.5. The van der Waals surface area contributed by atoms with Gasteiger partial charge < -0.3 is 10.4 Å². The molecule has 2 N–H and O–H groups in total. The largest absolute Gasteiger partial charge is 0.481 e. The van der Waals surface area contributed by atoms with Crippen LogP contribution in [0.4, 0.5) is 5.00 Å². The van der Waals surface area contributed by atoms with Gasteiger partial charge in [-0.3, -0.25) is 9.59 Å². The van der Waals surface area contributed by atoms with Crippen LogP contribution in [0.2, 0.25) is 0 Å². The molecule has 1 heterocycles. The minimum atomic E-state index is -0.919. The number of hydrogen-bond donors (Lipinski definition) is 2. The van der Waals surface area contributed by atoms with Crippen LogP contribution in [0.1, 0.15) is 36.1 Å². The molecule has 0 bridgehead atoms. The van der Waals surface area contributed by atoms with Gasteiger partial charge in [0.05, 0.1) is 17.4 Å². The number of nitriles is 1. The second-order valence-electron chi connectivity index (χ2n) is 6.54. The van der Waals surface area contributed by atoms with Crippen molar-refractivity contribution in [2.24, 2.45) is 11.8 Å². The molecule has 3 rings (SSSR count). The zero-order valence-corrected chi connectivity index (χ0v) is 15.3.